The van der Waals surface area contributed by atoms with Gasteiger partial charge in [0.1, 0.15) is 24.1 Å². The smallest absolute Gasteiger partial charge is 0.407 e. The van der Waals surface area contributed by atoms with Crippen molar-refractivity contribution in [3.8, 4) is 5.75 Å². The van der Waals surface area contributed by atoms with Crippen molar-refractivity contribution >= 4 is 41.9 Å². The molecule has 3 atom stereocenters. The molecule has 2 aliphatic heterocycles. The molecule has 0 aliphatic carbocycles. The summed E-state index contributed by atoms with van der Waals surface area (Å²) in [5.41, 5.74) is -1.13. The van der Waals surface area contributed by atoms with E-state index in [1.54, 1.807) is 36.4 Å². The number of nitrogens with zero attached hydrogens (tertiary/aromatic N) is 1. The number of aliphatic hydroxyl groups is 1. The molecular formula is C29H39BrN2O9S2. The summed E-state index contributed by atoms with van der Waals surface area (Å²) in [6.07, 6.45) is -0.635. The second-order valence-electron chi connectivity index (χ2n) is 12.2. The zero-order valence-corrected chi connectivity index (χ0v) is 27.9. The van der Waals surface area contributed by atoms with Gasteiger partial charge < -0.3 is 24.6 Å². The topological polar surface area (TPSA) is 149 Å². The Morgan fingerprint density at radius 2 is 1.77 bits per heavy atom. The summed E-state index contributed by atoms with van der Waals surface area (Å²) in [6.45, 7) is 6.22. The third kappa shape index (κ3) is 8.49. The molecule has 43 heavy (non-hydrogen) atoms. The van der Waals surface area contributed by atoms with Gasteiger partial charge in [0.15, 0.2) is 9.84 Å². The quantitative estimate of drug-likeness (QED) is 0.399. The lowest BCUT2D eigenvalue weighted by molar-refractivity contribution is -0.0329. The van der Waals surface area contributed by atoms with Crippen LogP contribution in [0.3, 0.4) is 0 Å². The standard InChI is InChI=1S/C29H39BrN2O9S2/c1-28(2,3)26(40-21-8-6-9-23(16-21)42(4,35)36)25(33)18-31-27(34)41-22-17-29(39-19-22)11-13-32(14-12-29)43(37,38)24-10-5-7-20(30)15-24/h5-10,15-16,22,25-26,33H,11-14,17-19H2,1-4H3,(H,31,34)/t22?,25-,26?/m0/s1. The van der Waals surface area contributed by atoms with Crippen LogP contribution in [0, 0.1) is 5.41 Å². The van der Waals surface area contributed by atoms with Crippen molar-refractivity contribution in [1.82, 2.24) is 9.62 Å². The number of rotatable bonds is 9. The third-order valence-electron chi connectivity index (χ3n) is 7.67. The zero-order valence-electron chi connectivity index (χ0n) is 24.7. The van der Waals surface area contributed by atoms with Gasteiger partial charge in [0.2, 0.25) is 10.0 Å². The summed E-state index contributed by atoms with van der Waals surface area (Å²) in [4.78, 5) is 13.0. The number of sulfone groups is 1. The Hall–Kier alpha value is -2.23. The predicted octanol–water partition coefficient (Wildman–Crippen LogP) is 3.75. The van der Waals surface area contributed by atoms with Crippen LogP contribution in [0.1, 0.15) is 40.0 Å². The number of hydrogen-bond acceptors (Lipinski definition) is 9. The summed E-state index contributed by atoms with van der Waals surface area (Å²) < 4.78 is 69.8. The maximum atomic E-state index is 13.1. The molecule has 2 heterocycles. The highest BCUT2D eigenvalue weighted by atomic mass is 79.9. The first-order chi connectivity index (χ1) is 20.0. The molecule has 1 amide bonds. The van der Waals surface area contributed by atoms with E-state index in [1.807, 2.05) is 20.8 Å². The van der Waals surface area contributed by atoms with Crippen molar-refractivity contribution in [2.24, 2.45) is 5.41 Å². The van der Waals surface area contributed by atoms with Crippen molar-refractivity contribution in [3.63, 3.8) is 0 Å². The Labute approximate surface area is 262 Å². The lowest BCUT2D eigenvalue weighted by Crippen LogP contribution is -2.48. The molecule has 0 saturated carbocycles. The maximum Gasteiger partial charge on any atom is 0.407 e. The van der Waals surface area contributed by atoms with Crippen LogP contribution in [-0.2, 0) is 29.3 Å². The Morgan fingerprint density at radius 3 is 2.40 bits per heavy atom. The van der Waals surface area contributed by atoms with E-state index in [1.165, 1.54) is 16.4 Å². The molecule has 238 valence electrons. The first kappa shape index (κ1) is 33.7. The summed E-state index contributed by atoms with van der Waals surface area (Å²) >= 11 is 3.32. The largest absolute Gasteiger partial charge is 0.487 e. The van der Waals surface area contributed by atoms with Gasteiger partial charge in [-0.05, 0) is 49.2 Å². The van der Waals surface area contributed by atoms with Crippen molar-refractivity contribution in [2.45, 2.75) is 73.7 Å². The average Bonchev–Trinajstić information content (AvgIpc) is 3.31. The molecule has 0 aromatic heterocycles. The minimum absolute atomic E-state index is 0.0992. The van der Waals surface area contributed by atoms with Gasteiger partial charge in [-0.3, -0.25) is 0 Å². The molecule has 4 rings (SSSR count). The third-order valence-corrected chi connectivity index (χ3v) is 11.2. The number of alkyl carbamates (subject to hydrolysis) is 1. The fourth-order valence-electron chi connectivity index (χ4n) is 5.38. The van der Waals surface area contributed by atoms with E-state index in [2.05, 4.69) is 21.2 Å². The van der Waals surface area contributed by atoms with Crippen LogP contribution in [0.15, 0.2) is 62.8 Å². The van der Waals surface area contributed by atoms with Crippen LogP contribution in [0.25, 0.3) is 0 Å². The Balaban J connectivity index is 1.28. The molecular weight excluding hydrogens is 664 g/mol. The molecule has 2 unspecified atom stereocenters. The first-order valence-electron chi connectivity index (χ1n) is 14.0. The monoisotopic (exact) mass is 702 g/mol. The van der Waals surface area contributed by atoms with Crippen LogP contribution in [-0.4, -0.2) is 88.8 Å². The van der Waals surface area contributed by atoms with Crippen molar-refractivity contribution in [1.29, 1.82) is 0 Å². The molecule has 14 heteroatoms. The number of halogens is 1. The number of carbonyl (C=O) groups excluding carboxylic acids is 1. The Morgan fingerprint density at radius 1 is 1.12 bits per heavy atom. The highest BCUT2D eigenvalue weighted by Crippen LogP contribution is 2.38. The van der Waals surface area contributed by atoms with E-state index >= 15 is 0 Å². The van der Waals surface area contributed by atoms with Crippen molar-refractivity contribution in [2.75, 3.05) is 32.5 Å². The number of benzene rings is 2. The molecule has 2 aliphatic rings. The summed E-state index contributed by atoms with van der Waals surface area (Å²) in [5.74, 6) is 0.286. The maximum absolute atomic E-state index is 13.1. The van der Waals surface area contributed by atoms with E-state index in [-0.39, 0.29) is 28.7 Å². The number of sulfonamides is 1. The van der Waals surface area contributed by atoms with Crippen molar-refractivity contribution < 1.29 is 40.9 Å². The summed E-state index contributed by atoms with van der Waals surface area (Å²) in [6, 6.07) is 12.7. The lowest BCUT2D eigenvalue weighted by atomic mass is 9.85. The molecule has 2 N–H and O–H groups in total. The highest BCUT2D eigenvalue weighted by molar-refractivity contribution is 9.10. The molecule has 1 spiro atoms. The fourth-order valence-corrected chi connectivity index (χ4v) is 8.08. The first-order valence-corrected chi connectivity index (χ1v) is 18.1. The van der Waals surface area contributed by atoms with Gasteiger partial charge in [0, 0.05) is 35.7 Å². The van der Waals surface area contributed by atoms with Crippen molar-refractivity contribution in [3.05, 3.63) is 53.0 Å². The number of amides is 1. The second-order valence-corrected chi connectivity index (χ2v) is 17.1. The number of piperidine rings is 1. The molecule has 11 nitrogen and oxygen atoms in total. The summed E-state index contributed by atoms with van der Waals surface area (Å²) in [5, 5.41) is 13.5. The summed E-state index contributed by atoms with van der Waals surface area (Å²) in [7, 11) is -7.07. The highest BCUT2D eigenvalue weighted by Gasteiger charge is 2.46. The van der Waals surface area contributed by atoms with E-state index in [9.17, 15) is 26.7 Å². The fraction of sp³-hybridized carbons (Fsp3) is 0.552. The number of nitrogens with one attached hydrogen (secondary N) is 1. The average molecular weight is 704 g/mol. The van der Waals surface area contributed by atoms with Gasteiger partial charge in [-0.2, -0.15) is 4.31 Å². The van der Waals surface area contributed by atoms with Gasteiger partial charge in [-0.15, -0.1) is 0 Å². The molecule has 2 fully saturated rings. The van der Waals surface area contributed by atoms with Gasteiger partial charge in [0.05, 0.1) is 28.5 Å². The van der Waals surface area contributed by atoms with E-state index < -0.39 is 55.3 Å². The number of hydrogen-bond donors (Lipinski definition) is 2. The van der Waals surface area contributed by atoms with Gasteiger partial charge >= 0.3 is 6.09 Å². The minimum atomic E-state index is -3.63. The van der Waals surface area contributed by atoms with Gasteiger partial charge in [0.25, 0.3) is 0 Å². The van der Waals surface area contributed by atoms with Crippen LogP contribution < -0.4 is 10.1 Å². The molecule has 0 bridgehead atoms. The van der Waals surface area contributed by atoms with Crippen LogP contribution >= 0.6 is 15.9 Å². The van der Waals surface area contributed by atoms with Crippen LogP contribution in [0.2, 0.25) is 0 Å². The second kappa shape index (κ2) is 13.0. The molecule has 2 aromatic carbocycles. The zero-order chi connectivity index (χ0) is 31.6. The van der Waals surface area contributed by atoms with E-state index in [4.69, 9.17) is 14.2 Å². The van der Waals surface area contributed by atoms with E-state index in [0.29, 0.717) is 36.8 Å². The number of carbonyl (C=O) groups is 1. The van der Waals surface area contributed by atoms with Gasteiger partial charge in [-0.1, -0.05) is 48.8 Å². The molecule has 2 aromatic rings. The Bertz CT molecular complexity index is 1520. The minimum Gasteiger partial charge on any atom is -0.487 e. The Kier molecular flexibility index (Phi) is 10.2. The molecule has 2 saturated heterocycles. The SMILES string of the molecule is CC(C)(C)C(Oc1cccc(S(C)(=O)=O)c1)[C@@H](O)CNC(=O)OC1COC2(CCN(S(=O)(=O)c3cccc(Br)c3)CC2)C1. The lowest BCUT2D eigenvalue weighted by Gasteiger charge is -2.37. The predicted molar refractivity (Wildman–Crippen MR) is 163 cm³/mol. The van der Waals surface area contributed by atoms with E-state index in [0.717, 1.165) is 6.26 Å². The van der Waals surface area contributed by atoms with Crippen LogP contribution in [0.5, 0.6) is 5.75 Å². The number of aliphatic hydroxyl groups excluding tert-OH is 1. The normalized spacial score (nSPS) is 20.8. The van der Waals surface area contributed by atoms with Gasteiger partial charge in [-0.25, -0.2) is 21.6 Å². The molecule has 0 radical (unpaired) electrons. The number of ether oxygens (including phenoxy) is 3. The van der Waals surface area contributed by atoms with Crippen LogP contribution in [0.4, 0.5) is 4.79 Å².